The van der Waals surface area contributed by atoms with Crippen molar-refractivity contribution in [1.82, 2.24) is 0 Å². The van der Waals surface area contributed by atoms with E-state index in [0.29, 0.717) is 12.0 Å². The molecule has 3 rings (SSSR count). The minimum absolute atomic E-state index is 0.0949. The Labute approximate surface area is 168 Å². The first-order valence-electron chi connectivity index (χ1n) is 9.95. The fraction of sp³-hybridized carbons (Fsp3) is 0.440. The molecule has 3 nitrogen and oxygen atoms in total. The van der Waals surface area contributed by atoms with Gasteiger partial charge in [0.25, 0.3) is 0 Å². The van der Waals surface area contributed by atoms with Gasteiger partial charge in [-0.15, -0.1) is 0 Å². The number of ketones is 1. The molecule has 28 heavy (non-hydrogen) atoms. The first-order valence-corrected chi connectivity index (χ1v) is 9.95. The molecule has 0 fully saturated rings. The van der Waals surface area contributed by atoms with Gasteiger partial charge < -0.3 is 4.74 Å². The summed E-state index contributed by atoms with van der Waals surface area (Å²) in [6.45, 7) is 9.21. The highest BCUT2D eigenvalue weighted by molar-refractivity contribution is 5.97. The van der Waals surface area contributed by atoms with Gasteiger partial charge in [-0.3, -0.25) is 9.59 Å². The maximum atomic E-state index is 12.8. The highest BCUT2D eigenvalue weighted by atomic mass is 16.5. The van der Waals surface area contributed by atoms with E-state index in [4.69, 9.17) is 0 Å². The lowest BCUT2D eigenvalue weighted by Gasteiger charge is -2.42. The second kappa shape index (κ2) is 7.54. The molecule has 0 heterocycles. The molecule has 1 aliphatic carbocycles. The van der Waals surface area contributed by atoms with Crippen LogP contribution in [0.1, 0.15) is 73.1 Å². The van der Waals surface area contributed by atoms with E-state index in [1.807, 2.05) is 12.1 Å². The first-order chi connectivity index (χ1) is 13.1. The van der Waals surface area contributed by atoms with Crippen molar-refractivity contribution < 1.29 is 14.3 Å². The summed E-state index contributed by atoms with van der Waals surface area (Å²) in [5.41, 5.74) is 5.69. The van der Waals surface area contributed by atoms with Crippen LogP contribution in [0.25, 0.3) is 0 Å². The van der Waals surface area contributed by atoms with Gasteiger partial charge in [-0.05, 0) is 45.9 Å². The number of hydrogen-bond donors (Lipinski definition) is 0. The fourth-order valence-electron chi connectivity index (χ4n) is 4.08. The molecule has 0 atom stereocenters. The zero-order valence-electron chi connectivity index (χ0n) is 17.6. The van der Waals surface area contributed by atoms with Gasteiger partial charge in [-0.1, -0.05) is 70.2 Å². The van der Waals surface area contributed by atoms with Crippen LogP contribution in [0.15, 0.2) is 42.5 Å². The molecular weight excluding hydrogens is 348 g/mol. The molecule has 1 aliphatic rings. The number of rotatable bonds is 5. The van der Waals surface area contributed by atoms with Crippen LogP contribution in [0, 0.1) is 0 Å². The number of benzene rings is 2. The SMILES string of the molecule is COC(=O)Cc1ccc(C(=O)Cc2ccc3c(c2)C(C)(C)CCC3(C)C)cc1. The Hall–Kier alpha value is -2.42. The normalized spacial score (nSPS) is 16.9. The van der Waals surface area contributed by atoms with Crippen molar-refractivity contribution in [3.8, 4) is 0 Å². The fourth-order valence-corrected chi connectivity index (χ4v) is 4.08. The Morgan fingerprint density at radius 3 is 2.00 bits per heavy atom. The van der Waals surface area contributed by atoms with Crippen molar-refractivity contribution >= 4 is 11.8 Å². The van der Waals surface area contributed by atoms with Crippen LogP contribution in [0.3, 0.4) is 0 Å². The summed E-state index contributed by atoms with van der Waals surface area (Å²) in [5, 5.41) is 0. The van der Waals surface area contributed by atoms with Crippen molar-refractivity contribution in [3.05, 3.63) is 70.3 Å². The molecule has 0 amide bonds. The van der Waals surface area contributed by atoms with Crippen LogP contribution in [0.4, 0.5) is 0 Å². The number of ether oxygens (including phenoxy) is 1. The Balaban J connectivity index is 1.79. The van der Waals surface area contributed by atoms with Crippen LogP contribution >= 0.6 is 0 Å². The van der Waals surface area contributed by atoms with E-state index in [1.54, 1.807) is 12.1 Å². The van der Waals surface area contributed by atoms with Gasteiger partial charge in [0.2, 0.25) is 0 Å². The minimum atomic E-state index is -0.279. The number of methoxy groups -OCH3 is 1. The molecule has 148 valence electrons. The highest BCUT2D eigenvalue weighted by Gasteiger charge is 2.36. The predicted molar refractivity (Wildman–Crippen MR) is 112 cm³/mol. The van der Waals surface area contributed by atoms with E-state index in [2.05, 4.69) is 50.6 Å². The maximum absolute atomic E-state index is 12.8. The van der Waals surface area contributed by atoms with E-state index in [0.717, 1.165) is 17.5 Å². The van der Waals surface area contributed by atoms with E-state index < -0.39 is 0 Å². The quantitative estimate of drug-likeness (QED) is 0.532. The molecule has 0 bridgehead atoms. The van der Waals surface area contributed by atoms with E-state index >= 15 is 0 Å². The van der Waals surface area contributed by atoms with Crippen LogP contribution in [-0.2, 0) is 33.2 Å². The van der Waals surface area contributed by atoms with Gasteiger partial charge in [-0.2, -0.15) is 0 Å². The highest BCUT2D eigenvalue weighted by Crippen LogP contribution is 2.45. The summed E-state index contributed by atoms with van der Waals surface area (Å²) in [7, 11) is 1.38. The van der Waals surface area contributed by atoms with Crippen molar-refractivity contribution in [2.24, 2.45) is 0 Å². The Kier molecular flexibility index (Phi) is 5.47. The molecule has 0 saturated carbocycles. The standard InChI is InChI=1S/C25H30O3/c1-24(2)12-13-25(3,4)21-14-18(8-11-20(21)24)15-22(26)19-9-6-17(7-10-19)16-23(27)28-5/h6-11,14H,12-13,15-16H2,1-5H3. The van der Waals surface area contributed by atoms with Gasteiger partial charge in [0.15, 0.2) is 5.78 Å². The molecule has 0 aliphatic heterocycles. The molecule has 2 aromatic carbocycles. The van der Waals surface area contributed by atoms with E-state index in [1.165, 1.54) is 24.7 Å². The second-order valence-corrected chi connectivity index (χ2v) is 9.20. The monoisotopic (exact) mass is 378 g/mol. The summed E-state index contributed by atoms with van der Waals surface area (Å²) in [6, 6.07) is 13.8. The first kappa shape index (κ1) is 20.3. The molecule has 0 saturated heterocycles. The number of carbonyl (C=O) groups is 2. The Morgan fingerprint density at radius 2 is 1.39 bits per heavy atom. The average Bonchev–Trinajstić information content (AvgIpc) is 2.66. The van der Waals surface area contributed by atoms with E-state index in [9.17, 15) is 9.59 Å². The zero-order chi connectivity index (χ0) is 20.5. The van der Waals surface area contributed by atoms with Crippen molar-refractivity contribution in [1.29, 1.82) is 0 Å². The van der Waals surface area contributed by atoms with E-state index in [-0.39, 0.29) is 29.0 Å². The number of hydrogen-bond acceptors (Lipinski definition) is 3. The number of fused-ring (bicyclic) bond motifs is 1. The predicted octanol–water partition coefficient (Wildman–Crippen LogP) is 5.18. The van der Waals surface area contributed by atoms with Crippen molar-refractivity contribution in [3.63, 3.8) is 0 Å². The van der Waals surface area contributed by atoms with Crippen LogP contribution < -0.4 is 0 Å². The lowest BCUT2D eigenvalue weighted by atomic mass is 9.63. The maximum Gasteiger partial charge on any atom is 0.309 e. The van der Waals surface area contributed by atoms with Gasteiger partial charge >= 0.3 is 5.97 Å². The third-order valence-electron chi connectivity index (χ3n) is 6.13. The second-order valence-electron chi connectivity index (χ2n) is 9.20. The summed E-state index contributed by atoms with van der Waals surface area (Å²) in [4.78, 5) is 24.1. The lowest BCUT2D eigenvalue weighted by molar-refractivity contribution is -0.139. The molecule has 3 heteroatoms. The van der Waals surface area contributed by atoms with Crippen molar-refractivity contribution in [2.75, 3.05) is 7.11 Å². The van der Waals surface area contributed by atoms with Gasteiger partial charge in [0, 0.05) is 12.0 Å². The molecule has 0 unspecified atom stereocenters. The summed E-state index contributed by atoms with van der Waals surface area (Å²) in [6.07, 6.45) is 2.95. The number of esters is 1. The van der Waals surface area contributed by atoms with Crippen molar-refractivity contribution in [2.45, 2.75) is 64.2 Å². The Bertz CT molecular complexity index is 889. The van der Waals surface area contributed by atoms with Crippen LogP contribution in [-0.4, -0.2) is 18.9 Å². The Morgan fingerprint density at radius 1 is 0.821 bits per heavy atom. The molecule has 2 aromatic rings. The molecular formula is C25H30O3. The van der Waals surface area contributed by atoms with Crippen LogP contribution in [0.5, 0.6) is 0 Å². The molecule has 0 aromatic heterocycles. The van der Waals surface area contributed by atoms with Gasteiger partial charge in [0.1, 0.15) is 0 Å². The number of carbonyl (C=O) groups excluding carboxylic acids is 2. The molecule has 0 N–H and O–H groups in total. The van der Waals surface area contributed by atoms with Crippen LogP contribution in [0.2, 0.25) is 0 Å². The number of Topliss-reactive ketones (excluding diaryl/α,β-unsaturated/α-hetero) is 1. The third kappa shape index (κ3) is 4.19. The summed E-state index contributed by atoms with van der Waals surface area (Å²) >= 11 is 0. The average molecular weight is 379 g/mol. The third-order valence-corrected chi connectivity index (χ3v) is 6.13. The van der Waals surface area contributed by atoms with Gasteiger partial charge in [0.05, 0.1) is 13.5 Å². The summed E-state index contributed by atoms with van der Waals surface area (Å²) in [5.74, 6) is -0.184. The molecule has 0 radical (unpaired) electrons. The lowest BCUT2D eigenvalue weighted by Crippen LogP contribution is -2.33. The summed E-state index contributed by atoms with van der Waals surface area (Å²) < 4.78 is 4.68. The van der Waals surface area contributed by atoms with Gasteiger partial charge in [-0.25, -0.2) is 0 Å². The zero-order valence-corrected chi connectivity index (χ0v) is 17.6. The largest absolute Gasteiger partial charge is 0.469 e. The smallest absolute Gasteiger partial charge is 0.309 e. The molecule has 0 spiro atoms. The topological polar surface area (TPSA) is 43.4 Å². The minimum Gasteiger partial charge on any atom is -0.469 e.